The number of carbonyl (C=O) groups excluding carboxylic acids is 1. The van der Waals surface area contributed by atoms with Crippen molar-refractivity contribution in [1.29, 1.82) is 0 Å². The molecule has 1 amide bonds. The summed E-state index contributed by atoms with van der Waals surface area (Å²) in [6, 6.07) is 4.20. The van der Waals surface area contributed by atoms with Crippen molar-refractivity contribution >= 4 is 5.91 Å². The zero-order valence-corrected chi connectivity index (χ0v) is 10.2. The van der Waals surface area contributed by atoms with E-state index in [-0.39, 0.29) is 11.9 Å². The highest BCUT2D eigenvalue weighted by atomic mass is 16.3. The molecule has 4 heteroatoms. The van der Waals surface area contributed by atoms with Crippen LogP contribution in [0.15, 0.2) is 22.8 Å². The number of hydrogen-bond acceptors (Lipinski definition) is 3. The van der Waals surface area contributed by atoms with E-state index in [4.69, 9.17) is 4.42 Å². The molecule has 1 aromatic heterocycles. The normalized spacial score (nSPS) is 22.2. The first-order valence-corrected chi connectivity index (χ1v) is 6.32. The van der Waals surface area contributed by atoms with Crippen molar-refractivity contribution in [3.05, 3.63) is 24.2 Å². The van der Waals surface area contributed by atoms with Crippen LogP contribution < -0.4 is 10.6 Å². The second-order valence-corrected chi connectivity index (χ2v) is 4.67. The SMILES string of the molecule is CC(CCc1ccco1)NC1CCCNC1=O. The third-order valence-corrected chi connectivity index (χ3v) is 3.17. The van der Waals surface area contributed by atoms with Gasteiger partial charge in [-0.05, 0) is 38.3 Å². The Kier molecular flexibility index (Phi) is 4.20. The van der Waals surface area contributed by atoms with E-state index in [2.05, 4.69) is 17.6 Å². The summed E-state index contributed by atoms with van der Waals surface area (Å²) in [7, 11) is 0. The summed E-state index contributed by atoms with van der Waals surface area (Å²) < 4.78 is 5.29. The summed E-state index contributed by atoms with van der Waals surface area (Å²) in [4.78, 5) is 11.6. The van der Waals surface area contributed by atoms with Crippen LogP contribution in [0.25, 0.3) is 0 Å². The van der Waals surface area contributed by atoms with Gasteiger partial charge in [0.05, 0.1) is 12.3 Å². The van der Waals surface area contributed by atoms with Crippen LogP contribution in [-0.2, 0) is 11.2 Å². The van der Waals surface area contributed by atoms with E-state index < -0.39 is 0 Å². The van der Waals surface area contributed by atoms with Gasteiger partial charge in [-0.3, -0.25) is 4.79 Å². The number of hydrogen-bond donors (Lipinski definition) is 2. The van der Waals surface area contributed by atoms with Gasteiger partial charge < -0.3 is 15.1 Å². The van der Waals surface area contributed by atoms with Gasteiger partial charge in [0.25, 0.3) is 0 Å². The number of amides is 1. The summed E-state index contributed by atoms with van der Waals surface area (Å²) >= 11 is 0. The minimum atomic E-state index is -0.0182. The minimum absolute atomic E-state index is 0.0182. The van der Waals surface area contributed by atoms with Crippen molar-refractivity contribution in [2.24, 2.45) is 0 Å². The maximum absolute atomic E-state index is 11.6. The van der Waals surface area contributed by atoms with Crippen molar-refractivity contribution in [3.8, 4) is 0 Å². The molecule has 0 bridgehead atoms. The molecule has 1 fully saturated rings. The molecule has 2 rings (SSSR count). The third-order valence-electron chi connectivity index (χ3n) is 3.17. The van der Waals surface area contributed by atoms with E-state index in [1.807, 2.05) is 12.1 Å². The Morgan fingerprint density at radius 1 is 1.65 bits per heavy atom. The molecule has 2 atom stereocenters. The van der Waals surface area contributed by atoms with Gasteiger partial charge in [-0.25, -0.2) is 0 Å². The molecule has 2 heterocycles. The van der Waals surface area contributed by atoms with Gasteiger partial charge in [-0.1, -0.05) is 0 Å². The first kappa shape index (κ1) is 12.2. The second kappa shape index (κ2) is 5.87. The molecule has 17 heavy (non-hydrogen) atoms. The predicted molar refractivity (Wildman–Crippen MR) is 65.7 cm³/mol. The Balaban J connectivity index is 1.72. The highest BCUT2D eigenvalue weighted by Crippen LogP contribution is 2.08. The molecule has 0 saturated carbocycles. The van der Waals surface area contributed by atoms with Crippen LogP contribution in [0.4, 0.5) is 0 Å². The van der Waals surface area contributed by atoms with Crippen LogP contribution in [0.3, 0.4) is 0 Å². The summed E-state index contributed by atoms with van der Waals surface area (Å²) in [6.45, 7) is 2.93. The Hall–Kier alpha value is -1.29. The molecule has 1 aliphatic rings. The number of rotatable bonds is 5. The number of nitrogens with one attached hydrogen (secondary N) is 2. The van der Waals surface area contributed by atoms with Gasteiger partial charge in [-0.15, -0.1) is 0 Å². The van der Waals surface area contributed by atoms with E-state index in [1.54, 1.807) is 6.26 Å². The molecule has 1 aliphatic heterocycles. The van der Waals surface area contributed by atoms with Gasteiger partial charge in [0, 0.05) is 19.0 Å². The Labute approximate surface area is 102 Å². The Bertz CT molecular complexity index is 348. The monoisotopic (exact) mass is 236 g/mol. The third kappa shape index (κ3) is 3.60. The molecule has 2 N–H and O–H groups in total. The summed E-state index contributed by atoms with van der Waals surface area (Å²) in [5, 5.41) is 6.26. The van der Waals surface area contributed by atoms with E-state index in [0.717, 1.165) is 38.0 Å². The van der Waals surface area contributed by atoms with E-state index in [1.165, 1.54) is 0 Å². The van der Waals surface area contributed by atoms with Crippen molar-refractivity contribution in [3.63, 3.8) is 0 Å². The van der Waals surface area contributed by atoms with Gasteiger partial charge in [0.2, 0.25) is 5.91 Å². The molecule has 94 valence electrons. The quantitative estimate of drug-likeness (QED) is 0.814. The maximum atomic E-state index is 11.6. The zero-order chi connectivity index (χ0) is 12.1. The van der Waals surface area contributed by atoms with Gasteiger partial charge >= 0.3 is 0 Å². The lowest BCUT2D eigenvalue weighted by molar-refractivity contribution is -0.124. The van der Waals surface area contributed by atoms with Crippen molar-refractivity contribution in [2.45, 2.75) is 44.7 Å². The second-order valence-electron chi connectivity index (χ2n) is 4.67. The standard InChI is InChI=1S/C13H20N2O2/c1-10(6-7-11-4-3-9-17-11)15-12-5-2-8-14-13(12)16/h3-4,9-10,12,15H,2,5-8H2,1H3,(H,14,16). The molecule has 2 unspecified atom stereocenters. The first-order valence-electron chi connectivity index (χ1n) is 6.32. The van der Waals surface area contributed by atoms with Crippen molar-refractivity contribution in [2.75, 3.05) is 6.54 Å². The molecule has 1 aromatic rings. The fraction of sp³-hybridized carbons (Fsp3) is 0.615. The summed E-state index contributed by atoms with van der Waals surface area (Å²) in [5.41, 5.74) is 0. The number of piperidine rings is 1. The number of carbonyl (C=O) groups is 1. The predicted octanol–water partition coefficient (Wildman–Crippen LogP) is 1.47. The van der Waals surface area contributed by atoms with Crippen LogP contribution in [0.5, 0.6) is 0 Å². The molecular weight excluding hydrogens is 216 g/mol. The lowest BCUT2D eigenvalue weighted by Crippen LogP contribution is -2.50. The molecule has 1 saturated heterocycles. The lowest BCUT2D eigenvalue weighted by atomic mass is 10.0. The van der Waals surface area contributed by atoms with E-state index >= 15 is 0 Å². The van der Waals surface area contributed by atoms with Crippen LogP contribution in [0, 0.1) is 0 Å². The summed E-state index contributed by atoms with van der Waals surface area (Å²) in [5.74, 6) is 1.15. The fourth-order valence-corrected chi connectivity index (χ4v) is 2.17. The van der Waals surface area contributed by atoms with Gasteiger partial charge in [-0.2, -0.15) is 0 Å². The smallest absolute Gasteiger partial charge is 0.237 e. The maximum Gasteiger partial charge on any atom is 0.237 e. The molecule has 4 nitrogen and oxygen atoms in total. The number of aryl methyl sites for hydroxylation is 1. The molecule has 0 radical (unpaired) electrons. The summed E-state index contributed by atoms with van der Waals surface area (Å²) in [6.07, 6.45) is 5.60. The topological polar surface area (TPSA) is 54.3 Å². The van der Waals surface area contributed by atoms with Crippen LogP contribution in [-0.4, -0.2) is 24.5 Å². The fourth-order valence-electron chi connectivity index (χ4n) is 2.17. The van der Waals surface area contributed by atoms with Crippen molar-refractivity contribution < 1.29 is 9.21 Å². The minimum Gasteiger partial charge on any atom is -0.469 e. The highest BCUT2D eigenvalue weighted by Gasteiger charge is 2.22. The van der Waals surface area contributed by atoms with Gasteiger partial charge in [0.1, 0.15) is 5.76 Å². The molecule has 0 aliphatic carbocycles. The first-order chi connectivity index (χ1) is 8.25. The van der Waals surface area contributed by atoms with E-state index in [9.17, 15) is 4.79 Å². The Morgan fingerprint density at radius 2 is 2.53 bits per heavy atom. The van der Waals surface area contributed by atoms with Crippen LogP contribution >= 0.6 is 0 Å². The average Bonchev–Trinajstić information content (AvgIpc) is 2.82. The van der Waals surface area contributed by atoms with Crippen LogP contribution in [0.2, 0.25) is 0 Å². The van der Waals surface area contributed by atoms with E-state index in [0.29, 0.717) is 6.04 Å². The van der Waals surface area contributed by atoms with Gasteiger partial charge in [0.15, 0.2) is 0 Å². The zero-order valence-electron chi connectivity index (χ0n) is 10.2. The highest BCUT2D eigenvalue weighted by molar-refractivity contribution is 5.82. The molecule has 0 spiro atoms. The largest absolute Gasteiger partial charge is 0.469 e. The average molecular weight is 236 g/mol. The van der Waals surface area contributed by atoms with Crippen LogP contribution in [0.1, 0.15) is 31.9 Å². The van der Waals surface area contributed by atoms with Crippen molar-refractivity contribution in [1.82, 2.24) is 10.6 Å². The molecule has 0 aromatic carbocycles. The Morgan fingerprint density at radius 3 is 3.24 bits per heavy atom. The number of furan rings is 1. The molecular formula is C13H20N2O2. The lowest BCUT2D eigenvalue weighted by Gasteiger charge is -2.26.